The Bertz CT molecular complexity index is 584. The van der Waals surface area contributed by atoms with E-state index in [1.165, 1.54) is 6.07 Å². The monoisotopic (exact) mass is 307 g/mol. The zero-order chi connectivity index (χ0) is 13.1. The van der Waals surface area contributed by atoms with Crippen molar-refractivity contribution in [2.24, 2.45) is 0 Å². The first-order chi connectivity index (χ1) is 8.61. The van der Waals surface area contributed by atoms with E-state index in [1.54, 1.807) is 25.2 Å². The van der Waals surface area contributed by atoms with Gasteiger partial charge < -0.3 is 5.32 Å². The first kappa shape index (κ1) is 12.5. The Morgan fingerprint density at radius 1 is 1.22 bits per heavy atom. The van der Waals surface area contributed by atoms with E-state index < -0.39 is 4.92 Å². The summed E-state index contributed by atoms with van der Waals surface area (Å²) in [5.74, 6) is 0.596. The van der Waals surface area contributed by atoms with Crippen molar-refractivity contribution in [2.75, 3.05) is 12.4 Å². The number of anilines is 1. The maximum Gasteiger partial charge on any atom is 0.295 e. The second-order valence-electron chi connectivity index (χ2n) is 3.58. The lowest BCUT2D eigenvalue weighted by Gasteiger charge is -2.05. The third-order valence-corrected chi connectivity index (χ3v) is 2.97. The molecule has 0 radical (unpaired) electrons. The molecule has 5 nitrogen and oxygen atoms in total. The summed E-state index contributed by atoms with van der Waals surface area (Å²) in [6.45, 7) is 0. The topological polar surface area (TPSA) is 68.1 Å². The number of nitro groups is 1. The van der Waals surface area contributed by atoms with Gasteiger partial charge in [0.05, 0.1) is 4.92 Å². The van der Waals surface area contributed by atoms with Gasteiger partial charge in [0.25, 0.3) is 5.69 Å². The molecule has 0 atom stereocenters. The van der Waals surface area contributed by atoms with Crippen molar-refractivity contribution >= 4 is 27.4 Å². The first-order valence-corrected chi connectivity index (χ1v) is 6.00. The molecule has 1 aromatic carbocycles. The van der Waals surface area contributed by atoms with Gasteiger partial charge in [-0.2, -0.15) is 0 Å². The molecule has 0 fully saturated rings. The van der Waals surface area contributed by atoms with E-state index in [1.807, 2.05) is 12.1 Å². The van der Waals surface area contributed by atoms with Gasteiger partial charge in [0.1, 0.15) is 5.82 Å². The molecule has 0 bridgehead atoms. The Morgan fingerprint density at radius 2 is 1.89 bits per heavy atom. The maximum absolute atomic E-state index is 11.0. The fraction of sp³-hybridized carbons (Fsp3) is 0.0833. The molecule has 1 aromatic heterocycles. The van der Waals surface area contributed by atoms with Crippen molar-refractivity contribution in [3.8, 4) is 11.3 Å². The fourth-order valence-electron chi connectivity index (χ4n) is 1.56. The smallest absolute Gasteiger partial charge is 0.295 e. The quantitative estimate of drug-likeness (QED) is 0.696. The van der Waals surface area contributed by atoms with Crippen LogP contribution < -0.4 is 5.32 Å². The number of benzene rings is 1. The van der Waals surface area contributed by atoms with Crippen LogP contribution in [0, 0.1) is 10.1 Å². The van der Waals surface area contributed by atoms with Crippen molar-refractivity contribution in [3.05, 3.63) is 51.0 Å². The van der Waals surface area contributed by atoms with Crippen molar-refractivity contribution in [3.63, 3.8) is 0 Å². The van der Waals surface area contributed by atoms with E-state index in [4.69, 9.17) is 0 Å². The van der Waals surface area contributed by atoms with Gasteiger partial charge in [-0.05, 0) is 18.2 Å². The molecular formula is C12H10BrN3O2. The number of rotatable bonds is 3. The minimum Gasteiger partial charge on any atom is -0.373 e. The Morgan fingerprint density at radius 3 is 2.44 bits per heavy atom. The zero-order valence-corrected chi connectivity index (χ0v) is 11.1. The van der Waals surface area contributed by atoms with Gasteiger partial charge in [0, 0.05) is 23.2 Å². The van der Waals surface area contributed by atoms with Crippen molar-refractivity contribution in [1.29, 1.82) is 0 Å². The number of halogens is 1. The summed E-state index contributed by atoms with van der Waals surface area (Å²) in [4.78, 5) is 14.8. The van der Waals surface area contributed by atoms with Gasteiger partial charge in [0.15, 0.2) is 5.69 Å². The summed E-state index contributed by atoms with van der Waals surface area (Å²) in [6, 6.07) is 10.3. The van der Waals surface area contributed by atoms with Crippen molar-refractivity contribution in [1.82, 2.24) is 4.98 Å². The van der Waals surface area contributed by atoms with Crippen molar-refractivity contribution < 1.29 is 4.92 Å². The summed E-state index contributed by atoms with van der Waals surface area (Å²) >= 11 is 3.33. The Kier molecular flexibility index (Phi) is 3.57. The summed E-state index contributed by atoms with van der Waals surface area (Å²) < 4.78 is 0.915. The zero-order valence-electron chi connectivity index (χ0n) is 9.55. The SMILES string of the molecule is CNc1ccc([N+](=O)[O-])c(-c2ccc(Br)cc2)n1. The molecule has 1 heterocycles. The normalized spacial score (nSPS) is 10.1. The van der Waals surface area contributed by atoms with E-state index >= 15 is 0 Å². The molecule has 0 aliphatic carbocycles. The van der Waals surface area contributed by atoms with E-state index in [9.17, 15) is 10.1 Å². The van der Waals surface area contributed by atoms with Crippen LogP contribution in [0.4, 0.5) is 11.5 Å². The molecule has 6 heteroatoms. The first-order valence-electron chi connectivity index (χ1n) is 5.21. The molecule has 0 unspecified atom stereocenters. The van der Waals surface area contributed by atoms with Gasteiger partial charge >= 0.3 is 0 Å². The highest BCUT2D eigenvalue weighted by Gasteiger charge is 2.17. The standard InChI is InChI=1S/C12H10BrN3O2/c1-14-11-7-6-10(16(17)18)12(15-11)8-2-4-9(13)5-3-8/h2-7H,1H3,(H,14,15). The van der Waals surface area contributed by atoms with Crippen LogP contribution in [0.15, 0.2) is 40.9 Å². The van der Waals surface area contributed by atoms with Crippen LogP contribution in [0.5, 0.6) is 0 Å². The number of nitrogens with one attached hydrogen (secondary N) is 1. The molecule has 1 N–H and O–H groups in total. The van der Waals surface area contributed by atoms with Crippen LogP contribution in [0.1, 0.15) is 0 Å². The van der Waals surface area contributed by atoms with Gasteiger partial charge in [-0.15, -0.1) is 0 Å². The predicted molar refractivity (Wildman–Crippen MR) is 73.6 cm³/mol. The van der Waals surface area contributed by atoms with Crippen LogP contribution in [0.2, 0.25) is 0 Å². The third kappa shape index (κ3) is 2.48. The predicted octanol–water partition coefficient (Wildman–Crippen LogP) is 3.46. The highest BCUT2D eigenvalue weighted by atomic mass is 79.9. The van der Waals surface area contributed by atoms with E-state index in [0.29, 0.717) is 17.1 Å². The van der Waals surface area contributed by atoms with Gasteiger partial charge in [-0.1, -0.05) is 28.1 Å². The molecule has 0 amide bonds. The van der Waals surface area contributed by atoms with Crippen LogP contribution in [0.3, 0.4) is 0 Å². The number of nitrogens with zero attached hydrogens (tertiary/aromatic N) is 2. The molecular weight excluding hydrogens is 298 g/mol. The molecule has 0 spiro atoms. The van der Waals surface area contributed by atoms with E-state index in [0.717, 1.165) is 4.47 Å². The summed E-state index contributed by atoms with van der Waals surface area (Å²) in [6.07, 6.45) is 0. The molecule has 0 saturated heterocycles. The van der Waals surface area contributed by atoms with Crippen LogP contribution in [-0.2, 0) is 0 Å². The molecule has 2 aromatic rings. The average molecular weight is 308 g/mol. The Hall–Kier alpha value is -1.95. The Labute approximate surface area is 112 Å². The van der Waals surface area contributed by atoms with Gasteiger partial charge in [0.2, 0.25) is 0 Å². The second-order valence-corrected chi connectivity index (χ2v) is 4.49. The van der Waals surface area contributed by atoms with Crippen LogP contribution >= 0.6 is 15.9 Å². The minimum atomic E-state index is -0.427. The molecule has 0 aliphatic rings. The lowest BCUT2D eigenvalue weighted by Crippen LogP contribution is -1.98. The lowest BCUT2D eigenvalue weighted by molar-refractivity contribution is -0.384. The molecule has 18 heavy (non-hydrogen) atoms. The molecule has 0 saturated carbocycles. The molecule has 2 rings (SSSR count). The van der Waals surface area contributed by atoms with E-state index in [-0.39, 0.29) is 5.69 Å². The second kappa shape index (κ2) is 5.14. The lowest BCUT2D eigenvalue weighted by atomic mass is 10.1. The van der Waals surface area contributed by atoms with Gasteiger partial charge in [-0.25, -0.2) is 4.98 Å². The Balaban J connectivity index is 2.59. The highest BCUT2D eigenvalue weighted by Crippen LogP contribution is 2.29. The van der Waals surface area contributed by atoms with E-state index in [2.05, 4.69) is 26.2 Å². The van der Waals surface area contributed by atoms with Gasteiger partial charge in [-0.3, -0.25) is 10.1 Å². The molecule has 0 aliphatic heterocycles. The van der Waals surface area contributed by atoms with Crippen molar-refractivity contribution in [2.45, 2.75) is 0 Å². The third-order valence-electron chi connectivity index (χ3n) is 2.44. The number of hydrogen-bond acceptors (Lipinski definition) is 4. The minimum absolute atomic E-state index is 0.00341. The number of hydrogen-bond donors (Lipinski definition) is 1. The summed E-state index contributed by atoms with van der Waals surface area (Å²) in [5.41, 5.74) is 1.07. The summed E-state index contributed by atoms with van der Waals surface area (Å²) in [5, 5.41) is 13.9. The fourth-order valence-corrected chi connectivity index (χ4v) is 1.82. The maximum atomic E-state index is 11.0. The largest absolute Gasteiger partial charge is 0.373 e. The van der Waals surface area contributed by atoms with Crippen LogP contribution in [-0.4, -0.2) is 17.0 Å². The number of pyridine rings is 1. The van der Waals surface area contributed by atoms with Crippen LogP contribution in [0.25, 0.3) is 11.3 Å². The summed E-state index contributed by atoms with van der Waals surface area (Å²) in [7, 11) is 1.72. The average Bonchev–Trinajstić information content (AvgIpc) is 2.38. The molecule has 92 valence electrons. The highest BCUT2D eigenvalue weighted by molar-refractivity contribution is 9.10. The number of aromatic nitrogens is 1.